The van der Waals surface area contributed by atoms with Crippen molar-refractivity contribution in [2.24, 2.45) is 0 Å². The molecule has 26 heavy (non-hydrogen) atoms. The SMILES string of the molecule is COc1cccc(NC(=O)N2CCN(CC=Cc3ccccc3)CC2)c1. The van der Waals surface area contributed by atoms with Gasteiger partial charge in [0, 0.05) is 44.5 Å². The van der Waals surface area contributed by atoms with Gasteiger partial charge in [-0.2, -0.15) is 0 Å². The van der Waals surface area contributed by atoms with Crippen molar-refractivity contribution in [3.05, 3.63) is 66.2 Å². The molecule has 2 aromatic carbocycles. The Morgan fingerprint density at radius 1 is 1.08 bits per heavy atom. The highest BCUT2D eigenvalue weighted by Gasteiger charge is 2.20. The molecule has 0 aromatic heterocycles. The van der Waals surface area contributed by atoms with Crippen molar-refractivity contribution in [1.29, 1.82) is 0 Å². The number of piperazine rings is 1. The molecule has 2 amide bonds. The average molecular weight is 351 g/mol. The van der Waals surface area contributed by atoms with Gasteiger partial charge in [-0.05, 0) is 17.7 Å². The fraction of sp³-hybridized carbons (Fsp3) is 0.286. The maximum atomic E-state index is 12.4. The zero-order valence-corrected chi connectivity index (χ0v) is 15.1. The summed E-state index contributed by atoms with van der Waals surface area (Å²) in [5, 5.41) is 2.94. The number of methoxy groups -OCH3 is 1. The van der Waals surface area contributed by atoms with E-state index in [0.717, 1.165) is 44.2 Å². The van der Waals surface area contributed by atoms with Crippen LogP contribution >= 0.6 is 0 Å². The number of urea groups is 1. The molecule has 1 aliphatic heterocycles. The smallest absolute Gasteiger partial charge is 0.321 e. The van der Waals surface area contributed by atoms with E-state index in [1.54, 1.807) is 7.11 Å². The Kier molecular flexibility index (Phi) is 6.28. The van der Waals surface area contributed by atoms with Crippen LogP contribution in [-0.2, 0) is 0 Å². The molecule has 0 radical (unpaired) electrons. The van der Waals surface area contributed by atoms with Crippen LogP contribution in [0, 0.1) is 0 Å². The summed E-state index contributed by atoms with van der Waals surface area (Å²) >= 11 is 0. The molecule has 1 fully saturated rings. The Morgan fingerprint density at radius 3 is 2.58 bits per heavy atom. The van der Waals surface area contributed by atoms with Crippen LogP contribution in [0.15, 0.2) is 60.7 Å². The first-order chi connectivity index (χ1) is 12.7. The van der Waals surface area contributed by atoms with Gasteiger partial charge in [0.1, 0.15) is 5.75 Å². The van der Waals surface area contributed by atoms with E-state index in [9.17, 15) is 4.79 Å². The highest BCUT2D eigenvalue weighted by Crippen LogP contribution is 2.17. The monoisotopic (exact) mass is 351 g/mol. The van der Waals surface area contributed by atoms with Crippen molar-refractivity contribution in [1.82, 2.24) is 9.80 Å². The molecule has 1 saturated heterocycles. The van der Waals surface area contributed by atoms with Crippen LogP contribution in [0.1, 0.15) is 5.56 Å². The third kappa shape index (κ3) is 5.10. The highest BCUT2D eigenvalue weighted by atomic mass is 16.5. The standard InChI is InChI=1S/C21H25N3O2/c1-26-20-11-5-10-19(17-20)22-21(25)24-15-13-23(14-16-24)12-6-9-18-7-3-2-4-8-18/h2-11,17H,12-16H2,1H3,(H,22,25). The molecule has 5 heteroatoms. The second kappa shape index (κ2) is 9.06. The summed E-state index contributed by atoms with van der Waals surface area (Å²) in [6.45, 7) is 4.12. The fourth-order valence-corrected chi connectivity index (χ4v) is 2.94. The van der Waals surface area contributed by atoms with Gasteiger partial charge in [-0.3, -0.25) is 4.90 Å². The molecule has 136 valence electrons. The number of anilines is 1. The number of nitrogens with zero attached hydrogens (tertiary/aromatic N) is 2. The lowest BCUT2D eigenvalue weighted by molar-refractivity contribution is 0.156. The van der Waals surface area contributed by atoms with Gasteiger partial charge in [0.15, 0.2) is 0 Å². The molecule has 0 bridgehead atoms. The second-order valence-corrected chi connectivity index (χ2v) is 6.26. The lowest BCUT2D eigenvalue weighted by Gasteiger charge is -2.34. The Bertz CT molecular complexity index is 738. The van der Waals surface area contributed by atoms with E-state index in [1.165, 1.54) is 5.56 Å². The molecule has 1 heterocycles. The van der Waals surface area contributed by atoms with Gasteiger partial charge in [0.2, 0.25) is 0 Å². The second-order valence-electron chi connectivity index (χ2n) is 6.26. The summed E-state index contributed by atoms with van der Waals surface area (Å²) < 4.78 is 5.19. The fourth-order valence-electron chi connectivity index (χ4n) is 2.94. The molecule has 3 rings (SSSR count). The zero-order valence-electron chi connectivity index (χ0n) is 15.1. The molecular weight excluding hydrogens is 326 g/mol. The summed E-state index contributed by atoms with van der Waals surface area (Å²) in [7, 11) is 1.62. The van der Waals surface area contributed by atoms with E-state index >= 15 is 0 Å². The van der Waals surface area contributed by atoms with E-state index in [2.05, 4.69) is 34.5 Å². The van der Waals surface area contributed by atoms with E-state index in [4.69, 9.17) is 4.74 Å². The minimum atomic E-state index is -0.0577. The van der Waals surface area contributed by atoms with Gasteiger partial charge in [0.25, 0.3) is 0 Å². The number of hydrogen-bond acceptors (Lipinski definition) is 3. The molecule has 0 unspecified atom stereocenters. The predicted molar refractivity (Wildman–Crippen MR) is 106 cm³/mol. The van der Waals surface area contributed by atoms with Crippen molar-refractivity contribution < 1.29 is 9.53 Å². The van der Waals surface area contributed by atoms with E-state index < -0.39 is 0 Å². The van der Waals surface area contributed by atoms with Crippen LogP contribution in [0.5, 0.6) is 5.75 Å². The van der Waals surface area contributed by atoms with Gasteiger partial charge in [0.05, 0.1) is 7.11 Å². The zero-order chi connectivity index (χ0) is 18.2. The number of ether oxygens (including phenoxy) is 1. The van der Waals surface area contributed by atoms with Gasteiger partial charge < -0.3 is 15.0 Å². The molecule has 1 aliphatic rings. The first-order valence-electron chi connectivity index (χ1n) is 8.88. The number of carbonyl (C=O) groups excluding carboxylic acids is 1. The maximum Gasteiger partial charge on any atom is 0.321 e. The van der Waals surface area contributed by atoms with E-state index in [-0.39, 0.29) is 6.03 Å². The summed E-state index contributed by atoms with van der Waals surface area (Å²) in [5.74, 6) is 0.734. The minimum absolute atomic E-state index is 0.0577. The number of nitrogens with one attached hydrogen (secondary N) is 1. The van der Waals surface area contributed by atoms with Crippen molar-refractivity contribution >= 4 is 17.8 Å². The van der Waals surface area contributed by atoms with E-state index in [1.807, 2.05) is 47.4 Å². The lowest BCUT2D eigenvalue weighted by Crippen LogP contribution is -2.49. The molecular formula is C21H25N3O2. The van der Waals surface area contributed by atoms with Crippen LogP contribution in [0.4, 0.5) is 10.5 Å². The van der Waals surface area contributed by atoms with Gasteiger partial charge in [-0.15, -0.1) is 0 Å². The Hall–Kier alpha value is -2.79. The maximum absolute atomic E-state index is 12.4. The summed E-state index contributed by atoms with van der Waals surface area (Å²) in [6.07, 6.45) is 4.32. The topological polar surface area (TPSA) is 44.8 Å². The van der Waals surface area contributed by atoms with Gasteiger partial charge in [-0.25, -0.2) is 4.79 Å². The van der Waals surface area contributed by atoms with Crippen molar-refractivity contribution in [3.8, 4) is 5.75 Å². The summed E-state index contributed by atoms with van der Waals surface area (Å²) in [4.78, 5) is 16.6. The van der Waals surface area contributed by atoms with Crippen molar-refractivity contribution in [3.63, 3.8) is 0 Å². The number of rotatable bonds is 5. The first-order valence-corrected chi connectivity index (χ1v) is 8.88. The average Bonchev–Trinajstić information content (AvgIpc) is 2.69. The molecule has 0 spiro atoms. The Morgan fingerprint density at radius 2 is 1.85 bits per heavy atom. The first kappa shape index (κ1) is 18.0. The molecule has 0 atom stereocenters. The summed E-state index contributed by atoms with van der Waals surface area (Å²) in [5.41, 5.74) is 1.96. The third-order valence-corrected chi connectivity index (χ3v) is 4.45. The highest BCUT2D eigenvalue weighted by molar-refractivity contribution is 5.89. The van der Waals surface area contributed by atoms with Crippen LogP contribution < -0.4 is 10.1 Å². The van der Waals surface area contributed by atoms with Crippen LogP contribution in [0.2, 0.25) is 0 Å². The van der Waals surface area contributed by atoms with E-state index in [0.29, 0.717) is 0 Å². The van der Waals surface area contributed by atoms with Crippen LogP contribution in [0.25, 0.3) is 6.08 Å². The van der Waals surface area contributed by atoms with Crippen molar-refractivity contribution in [2.75, 3.05) is 45.2 Å². The third-order valence-electron chi connectivity index (χ3n) is 4.45. The molecule has 0 aliphatic carbocycles. The number of carbonyl (C=O) groups is 1. The molecule has 2 aromatic rings. The summed E-state index contributed by atoms with van der Waals surface area (Å²) in [6, 6.07) is 17.6. The largest absolute Gasteiger partial charge is 0.497 e. The van der Waals surface area contributed by atoms with Crippen LogP contribution in [-0.4, -0.2) is 55.7 Å². The predicted octanol–water partition coefficient (Wildman–Crippen LogP) is 3.56. The van der Waals surface area contributed by atoms with Crippen molar-refractivity contribution in [2.45, 2.75) is 0 Å². The molecule has 0 saturated carbocycles. The normalized spacial score (nSPS) is 15.2. The minimum Gasteiger partial charge on any atom is -0.497 e. The van der Waals surface area contributed by atoms with Crippen LogP contribution in [0.3, 0.4) is 0 Å². The number of amides is 2. The van der Waals surface area contributed by atoms with Gasteiger partial charge >= 0.3 is 6.03 Å². The lowest BCUT2D eigenvalue weighted by atomic mass is 10.2. The molecule has 5 nitrogen and oxygen atoms in total. The number of benzene rings is 2. The Labute approximate surface area is 154 Å². The Balaban J connectivity index is 1.44. The number of hydrogen-bond donors (Lipinski definition) is 1. The molecule has 1 N–H and O–H groups in total. The van der Waals surface area contributed by atoms with Gasteiger partial charge in [-0.1, -0.05) is 48.6 Å². The quantitative estimate of drug-likeness (QED) is 0.896.